The number of fused-ring (bicyclic) bond motifs is 1. The highest BCUT2D eigenvalue weighted by atomic mass is 32.1. The van der Waals surface area contributed by atoms with Crippen LogP contribution in [0.4, 0.5) is 13.6 Å². The Labute approximate surface area is 173 Å². The number of rotatable bonds is 3. The van der Waals surface area contributed by atoms with Crippen LogP contribution in [0.3, 0.4) is 0 Å². The Balaban J connectivity index is 1.78. The molecule has 30 heavy (non-hydrogen) atoms. The van der Waals surface area contributed by atoms with Gasteiger partial charge in [0.05, 0.1) is 11.4 Å². The third kappa shape index (κ3) is 3.96. The SMILES string of the molecule is CN(C)C(=O)N=c1sc(Cc2ncccc2O)cn1-c1ccc2c(c1)OC(F)(F)O2. The second kappa shape index (κ2) is 7.41. The fraction of sp³-hybridized carbons (Fsp3) is 0.211. The van der Waals surface area contributed by atoms with Gasteiger partial charge in [0.25, 0.3) is 0 Å². The van der Waals surface area contributed by atoms with E-state index in [1.165, 1.54) is 34.4 Å². The van der Waals surface area contributed by atoms with E-state index in [2.05, 4.69) is 19.5 Å². The smallest absolute Gasteiger partial charge is 0.506 e. The van der Waals surface area contributed by atoms with Gasteiger partial charge in [-0.3, -0.25) is 9.55 Å². The van der Waals surface area contributed by atoms with Gasteiger partial charge in [-0.15, -0.1) is 20.1 Å². The van der Waals surface area contributed by atoms with Crippen LogP contribution in [0.5, 0.6) is 17.2 Å². The number of alkyl halides is 2. The molecule has 0 radical (unpaired) electrons. The number of carbonyl (C=O) groups excluding carboxylic acids is 1. The van der Waals surface area contributed by atoms with Gasteiger partial charge in [0.2, 0.25) is 0 Å². The van der Waals surface area contributed by atoms with E-state index in [-0.39, 0.29) is 17.2 Å². The number of pyridine rings is 1. The van der Waals surface area contributed by atoms with Gasteiger partial charge < -0.3 is 19.5 Å². The summed E-state index contributed by atoms with van der Waals surface area (Å²) in [5.74, 6) is -0.156. The van der Waals surface area contributed by atoms with Gasteiger partial charge >= 0.3 is 12.3 Å². The second-order valence-corrected chi connectivity index (χ2v) is 7.68. The molecule has 0 saturated carbocycles. The molecule has 0 bridgehead atoms. The molecule has 1 aliphatic heterocycles. The molecule has 0 spiro atoms. The molecule has 0 aliphatic carbocycles. The van der Waals surface area contributed by atoms with Crippen LogP contribution >= 0.6 is 11.3 Å². The van der Waals surface area contributed by atoms with Crippen LogP contribution in [0.15, 0.2) is 47.7 Å². The zero-order valence-electron chi connectivity index (χ0n) is 15.9. The quantitative estimate of drug-likeness (QED) is 0.684. The first-order valence-electron chi connectivity index (χ1n) is 8.72. The molecule has 4 rings (SSSR count). The van der Waals surface area contributed by atoms with Gasteiger partial charge in [0.1, 0.15) is 5.75 Å². The average molecular weight is 434 g/mol. The van der Waals surface area contributed by atoms with E-state index in [0.29, 0.717) is 22.6 Å². The molecule has 0 saturated heterocycles. The monoisotopic (exact) mass is 434 g/mol. The molecule has 1 aliphatic rings. The molecule has 0 unspecified atom stereocenters. The molecular weight excluding hydrogens is 418 g/mol. The molecular formula is C19H16F2N4O4S. The predicted molar refractivity (Wildman–Crippen MR) is 103 cm³/mol. The largest absolute Gasteiger partial charge is 0.586 e. The minimum Gasteiger partial charge on any atom is -0.506 e. The van der Waals surface area contributed by atoms with E-state index in [1.807, 2.05) is 0 Å². The minimum absolute atomic E-state index is 0.0469. The molecule has 156 valence electrons. The van der Waals surface area contributed by atoms with Crippen LogP contribution in [0.2, 0.25) is 0 Å². The topological polar surface area (TPSA) is 89.2 Å². The van der Waals surface area contributed by atoms with E-state index in [0.717, 1.165) is 4.88 Å². The number of carbonyl (C=O) groups is 1. The van der Waals surface area contributed by atoms with E-state index in [9.17, 15) is 18.7 Å². The number of benzene rings is 1. The average Bonchev–Trinajstić information content (AvgIpc) is 3.21. The minimum atomic E-state index is -3.73. The maximum atomic E-state index is 13.3. The summed E-state index contributed by atoms with van der Waals surface area (Å²) in [7, 11) is 3.14. The van der Waals surface area contributed by atoms with Gasteiger partial charge in [0, 0.05) is 43.9 Å². The van der Waals surface area contributed by atoms with Crippen molar-refractivity contribution in [2.75, 3.05) is 14.1 Å². The van der Waals surface area contributed by atoms with Gasteiger partial charge in [-0.2, -0.15) is 4.99 Å². The lowest BCUT2D eigenvalue weighted by atomic mass is 10.2. The lowest BCUT2D eigenvalue weighted by Gasteiger charge is -2.06. The number of hydrogen-bond donors (Lipinski definition) is 1. The van der Waals surface area contributed by atoms with Crippen LogP contribution in [-0.4, -0.2) is 46.0 Å². The van der Waals surface area contributed by atoms with E-state index in [1.54, 1.807) is 43.2 Å². The van der Waals surface area contributed by atoms with Gasteiger partial charge in [-0.05, 0) is 24.3 Å². The lowest BCUT2D eigenvalue weighted by molar-refractivity contribution is -0.286. The summed E-state index contributed by atoms with van der Waals surface area (Å²) >= 11 is 1.21. The van der Waals surface area contributed by atoms with Crippen molar-refractivity contribution >= 4 is 17.4 Å². The van der Waals surface area contributed by atoms with Crippen LogP contribution in [0, 0.1) is 0 Å². The van der Waals surface area contributed by atoms with Gasteiger partial charge in [0.15, 0.2) is 16.3 Å². The Morgan fingerprint density at radius 1 is 1.30 bits per heavy atom. The van der Waals surface area contributed by atoms with Crippen LogP contribution in [-0.2, 0) is 6.42 Å². The van der Waals surface area contributed by atoms with Crippen molar-refractivity contribution in [3.05, 3.63) is 58.1 Å². The standard InChI is InChI=1S/C19H16F2N4O4S/c1-24(2)17(27)23-18-25(10-12(30-18)9-13-14(26)4-3-7-22-13)11-5-6-15-16(8-11)29-19(20,21)28-15/h3-8,10,26H,9H2,1-2H3. The lowest BCUT2D eigenvalue weighted by Crippen LogP contribution is -2.26. The molecule has 8 nitrogen and oxygen atoms in total. The van der Waals surface area contributed by atoms with Gasteiger partial charge in [-0.25, -0.2) is 4.79 Å². The Kier molecular flexibility index (Phi) is 4.90. The normalized spacial score (nSPS) is 14.7. The Bertz CT molecular complexity index is 1190. The fourth-order valence-electron chi connectivity index (χ4n) is 2.74. The fourth-order valence-corrected chi connectivity index (χ4v) is 3.72. The zero-order valence-corrected chi connectivity index (χ0v) is 16.7. The maximum Gasteiger partial charge on any atom is 0.586 e. The van der Waals surface area contributed by atoms with Crippen molar-refractivity contribution in [2.45, 2.75) is 12.7 Å². The second-order valence-electron chi connectivity index (χ2n) is 6.58. The third-order valence-corrected chi connectivity index (χ3v) is 5.13. The number of ether oxygens (including phenoxy) is 2. The molecule has 1 N–H and O–H groups in total. The van der Waals surface area contributed by atoms with E-state index >= 15 is 0 Å². The van der Waals surface area contributed by atoms with Crippen LogP contribution in [0.1, 0.15) is 10.6 Å². The maximum absolute atomic E-state index is 13.3. The number of nitrogens with zero attached hydrogens (tertiary/aromatic N) is 4. The van der Waals surface area contributed by atoms with E-state index in [4.69, 9.17) is 0 Å². The zero-order chi connectivity index (χ0) is 21.5. The van der Waals surface area contributed by atoms with Gasteiger partial charge in [-0.1, -0.05) is 0 Å². The Morgan fingerprint density at radius 2 is 2.07 bits per heavy atom. The number of aromatic hydroxyl groups is 1. The number of amides is 2. The summed E-state index contributed by atoms with van der Waals surface area (Å²) in [6, 6.07) is 6.96. The third-order valence-electron chi connectivity index (χ3n) is 4.15. The highest BCUT2D eigenvalue weighted by molar-refractivity contribution is 7.09. The molecule has 3 aromatic rings. The number of aromatic nitrogens is 2. The van der Waals surface area contributed by atoms with Crippen LogP contribution in [0.25, 0.3) is 5.69 Å². The van der Waals surface area contributed by atoms with Crippen molar-refractivity contribution in [3.8, 4) is 22.9 Å². The van der Waals surface area contributed by atoms with Crippen molar-refractivity contribution in [1.29, 1.82) is 0 Å². The Morgan fingerprint density at radius 3 is 2.80 bits per heavy atom. The van der Waals surface area contributed by atoms with E-state index < -0.39 is 12.3 Å². The predicted octanol–water partition coefficient (Wildman–Crippen LogP) is 3.13. The van der Waals surface area contributed by atoms with Crippen molar-refractivity contribution in [3.63, 3.8) is 0 Å². The molecule has 0 atom stereocenters. The Hall–Kier alpha value is -3.47. The summed E-state index contributed by atoms with van der Waals surface area (Å²) in [5, 5.41) is 9.99. The van der Waals surface area contributed by atoms with Crippen LogP contribution < -0.4 is 14.3 Å². The molecule has 0 fully saturated rings. The summed E-state index contributed by atoms with van der Waals surface area (Å²) in [5.41, 5.74) is 0.912. The summed E-state index contributed by atoms with van der Waals surface area (Å²) in [6.45, 7) is 0. The number of urea groups is 1. The molecule has 2 aromatic heterocycles. The summed E-state index contributed by atoms with van der Waals surface area (Å²) in [6.07, 6.45) is -0.159. The molecule has 3 heterocycles. The summed E-state index contributed by atoms with van der Waals surface area (Å²) in [4.78, 5) is 22.8. The highest BCUT2D eigenvalue weighted by Gasteiger charge is 2.43. The first-order valence-corrected chi connectivity index (χ1v) is 9.54. The summed E-state index contributed by atoms with van der Waals surface area (Å²) < 4.78 is 37.2. The van der Waals surface area contributed by atoms with Crippen molar-refractivity contribution < 1.29 is 28.2 Å². The first kappa shape index (κ1) is 19.8. The number of halogens is 2. The molecule has 11 heteroatoms. The molecule has 1 aromatic carbocycles. The number of thiazole rings is 1. The number of hydrogen-bond acceptors (Lipinski definition) is 6. The first-order chi connectivity index (χ1) is 14.2. The van der Waals surface area contributed by atoms with Crippen molar-refractivity contribution in [1.82, 2.24) is 14.5 Å². The van der Waals surface area contributed by atoms with Crippen molar-refractivity contribution in [2.24, 2.45) is 4.99 Å². The molecule has 2 amide bonds. The highest BCUT2D eigenvalue weighted by Crippen LogP contribution is 2.41.